The molecule has 0 saturated carbocycles. The molecule has 1 atom stereocenters. The van der Waals surface area contributed by atoms with Gasteiger partial charge in [-0.1, -0.05) is 12.1 Å². The van der Waals surface area contributed by atoms with E-state index in [1.54, 1.807) is 4.90 Å². The lowest BCUT2D eigenvalue weighted by atomic mass is 10.2. The molecule has 170 valence electrons. The fourth-order valence-corrected chi connectivity index (χ4v) is 4.54. The zero-order chi connectivity index (χ0) is 23.3. The number of benzene rings is 2. The third-order valence-electron chi connectivity index (χ3n) is 5.00. The van der Waals surface area contributed by atoms with Gasteiger partial charge in [-0.25, -0.2) is 8.42 Å². The molecule has 9 nitrogen and oxygen atoms in total. The summed E-state index contributed by atoms with van der Waals surface area (Å²) in [6.07, 6.45) is 1.41. The van der Waals surface area contributed by atoms with Gasteiger partial charge < -0.3 is 15.5 Å². The predicted molar refractivity (Wildman–Crippen MR) is 120 cm³/mol. The highest BCUT2D eigenvalue weighted by molar-refractivity contribution is 7.89. The number of hydrogen-bond acceptors (Lipinski definition) is 5. The Morgan fingerprint density at radius 3 is 2.28 bits per heavy atom. The summed E-state index contributed by atoms with van der Waals surface area (Å²) < 4.78 is 27.4. The standard InChI is InChI=1S/C22H26N4O5S/c1-15(25-32(30,31)20-11-7-18(8-12-20)24-16(2)27)22(29)23-14-17-5-9-19(10-6-17)26-13-3-4-21(26)28/h5-12,15,25H,3-4,13-14H2,1-2H3,(H,23,29)(H,24,27)/t15-/m0/s1. The molecule has 32 heavy (non-hydrogen) atoms. The van der Waals surface area contributed by atoms with E-state index in [-0.39, 0.29) is 23.3 Å². The Kier molecular flexibility index (Phi) is 7.26. The lowest BCUT2D eigenvalue weighted by Gasteiger charge is -2.17. The van der Waals surface area contributed by atoms with Crippen molar-refractivity contribution in [2.75, 3.05) is 16.8 Å². The molecule has 1 aliphatic heterocycles. The molecule has 0 aromatic heterocycles. The fourth-order valence-electron chi connectivity index (χ4n) is 3.33. The van der Waals surface area contributed by atoms with Crippen LogP contribution in [0.25, 0.3) is 0 Å². The Hall–Kier alpha value is -3.24. The van der Waals surface area contributed by atoms with Crippen LogP contribution >= 0.6 is 0 Å². The van der Waals surface area contributed by atoms with Gasteiger partial charge in [0.25, 0.3) is 0 Å². The second-order valence-corrected chi connectivity index (χ2v) is 9.30. The van der Waals surface area contributed by atoms with Crippen molar-refractivity contribution < 1.29 is 22.8 Å². The van der Waals surface area contributed by atoms with E-state index in [9.17, 15) is 22.8 Å². The van der Waals surface area contributed by atoms with Crippen LogP contribution in [0.4, 0.5) is 11.4 Å². The highest BCUT2D eigenvalue weighted by atomic mass is 32.2. The van der Waals surface area contributed by atoms with Gasteiger partial charge in [-0.05, 0) is 55.3 Å². The third kappa shape index (κ3) is 5.92. The van der Waals surface area contributed by atoms with Gasteiger partial charge >= 0.3 is 0 Å². The number of carbonyl (C=O) groups excluding carboxylic acids is 3. The molecule has 0 unspecified atom stereocenters. The van der Waals surface area contributed by atoms with E-state index in [2.05, 4.69) is 15.4 Å². The zero-order valence-electron chi connectivity index (χ0n) is 17.9. The highest BCUT2D eigenvalue weighted by Gasteiger charge is 2.23. The highest BCUT2D eigenvalue weighted by Crippen LogP contribution is 2.21. The van der Waals surface area contributed by atoms with Gasteiger partial charge in [0.2, 0.25) is 27.7 Å². The first-order valence-electron chi connectivity index (χ1n) is 10.2. The van der Waals surface area contributed by atoms with Crippen LogP contribution in [0.15, 0.2) is 53.4 Å². The van der Waals surface area contributed by atoms with E-state index in [0.29, 0.717) is 18.7 Å². The van der Waals surface area contributed by atoms with Crippen molar-refractivity contribution in [2.45, 2.75) is 44.2 Å². The molecule has 2 aromatic rings. The molecule has 1 heterocycles. The minimum atomic E-state index is -3.91. The van der Waals surface area contributed by atoms with E-state index < -0.39 is 22.0 Å². The van der Waals surface area contributed by atoms with Gasteiger partial charge in [-0.3, -0.25) is 14.4 Å². The largest absolute Gasteiger partial charge is 0.351 e. The monoisotopic (exact) mass is 458 g/mol. The Morgan fingerprint density at radius 2 is 1.72 bits per heavy atom. The van der Waals surface area contributed by atoms with Crippen LogP contribution in [0.3, 0.4) is 0 Å². The number of amides is 3. The maximum atomic E-state index is 12.5. The SMILES string of the molecule is CC(=O)Nc1ccc(S(=O)(=O)N[C@@H](C)C(=O)NCc2ccc(N3CCCC3=O)cc2)cc1. The van der Waals surface area contributed by atoms with Crippen molar-refractivity contribution in [3.8, 4) is 0 Å². The topological polar surface area (TPSA) is 125 Å². The minimum Gasteiger partial charge on any atom is -0.351 e. The van der Waals surface area contributed by atoms with E-state index in [0.717, 1.165) is 17.7 Å². The molecule has 0 aliphatic carbocycles. The first-order valence-corrected chi connectivity index (χ1v) is 11.7. The summed E-state index contributed by atoms with van der Waals surface area (Å²) in [6, 6.07) is 12.0. The summed E-state index contributed by atoms with van der Waals surface area (Å²) in [5, 5.41) is 5.27. The number of anilines is 2. The molecule has 1 saturated heterocycles. The summed E-state index contributed by atoms with van der Waals surface area (Å²) in [4.78, 5) is 37.0. The predicted octanol–water partition coefficient (Wildman–Crippen LogP) is 1.76. The molecule has 0 radical (unpaired) electrons. The Balaban J connectivity index is 1.53. The molecule has 0 bridgehead atoms. The molecule has 3 N–H and O–H groups in total. The summed E-state index contributed by atoms with van der Waals surface area (Å²) in [7, 11) is -3.91. The fraction of sp³-hybridized carbons (Fsp3) is 0.318. The maximum absolute atomic E-state index is 12.5. The summed E-state index contributed by atoms with van der Waals surface area (Å²) in [5.74, 6) is -0.623. The van der Waals surface area contributed by atoms with Crippen LogP contribution in [-0.4, -0.2) is 38.7 Å². The first kappa shape index (κ1) is 23.4. The second kappa shape index (κ2) is 9.92. The Bertz CT molecular complexity index is 1100. The molecule has 2 aromatic carbocycles. The molecular formula is C22H26N4O5S. The zero-order valence-corrected chi connectivity index (χ0v) is 18.7. The van der Waals surface area contributed by atoms with Gasteiger partial charge in [0.05, 0.1) is 10.9 Å². The van der Waals surface area contributed by atoms with Crippen LogP contribution in [0, 0.1) is 0 Å². The summed E-state index contributed by atoms with van der Waals surface area (Å²) in [5.41, 5.74) is 2.13. The lowest BCUT2D eigenvalue weighted by molar-refractivity contribution is -0.122. The first-order chi connectivity index (χ1) is 15.2. The molecular weight excluding hydrogens is 432 g/mol. The van der Waals surface area contributed by atoms with Gasteiger partial charge in [0, 0.05) is 37.8 Å². The van der Waals surface area contributed by atoms with Crippen molar-refractivity contribution in [2.24, 2.45) is 0 Å². The number of sulfonamides is 1. The van der Waals surface area contributed by atoms with Crippen molar-refractivity contribution in [3.05, 3.63) is 54.1 Å². The van der Waals surface area contributed by atoms with E-state index in [1.165, 1.54) is 38.1 Å². The van der Waals surface area contributed by atoms with Crippen LogP contribution in [0.2, 0.25) is 0 Å². The van der Waals surface area contributed by atoms with E-state index >= 15 is 0 Å². The minimum absolute atomic E-state index is 0.0155. The van der Waals surface area contributed by atoms with E-state index in [4.69, 9.17) is 0 Å². The molecule has 3 amide bonds. The number of nitrogens with zero attached hydrogens (tertiary/aromatic N) is 1. The van der Waals surface area contributed by atoms with Gasteiger partial charge in [-0.15, -0.1) is 0 Å². The molecule has 1 aliphatic rings. The van der Waals surface area contributed by atoms with Gasteiger partial charge in [-0.2, -0.15) is 4.72 Å². The summed E-state index contributed by atoms with van der Waals surface area (Å²) in [6.45, 7) is 3.75. The van der Waals surface area contributed by atoms with Crippen molar-refractivity contribution in [1.29, 1.82) is 0 Å². The number of nitrogens with one attached hydrogen (secondary N) is 3. The van der Waals surface area contributed by atoms with Gasteiger partial charge in [0.1, 0.15) is 0 Å². The van der Waals surface area contributed by atoms with Crippen LogP contribution < -0.4 is 20.3 Å². The lowest BCUT2D eigenvalue weighted by Crippen LogP contribution is -2.44. The molecule has 0 spiro atoms. The van der Waals surface area contributed by atoms with Crippen molar-refractivity contribution in [1.82, 2.24) is 10.0 Å². The van der Waals surface area contributed by atoms with Crippen LogP contribution in [0.5, 0.6) is 0 Å². The average Bonchev–Trinajstić information content (AvgIpc) is 3.18. The third-order valence-corrected chi connectivity index (χ3v) is 6.55. The second-order valence-electron chi connectivity index (χ2n) is 7.58. The van der Waals surface area contributed by atoms with Crippen molar-refractivity contribution in [3.63, 3.8) is 0 Å². The normalized spacial score (nSPS) is 14.8. The van der Waals surface area contributed by atoms with Crippen molar-refractivity contribution >= 4 is 39.1 Å². The number of rotatable bonds is 8. The molecule has 3 rings (SSSR count). The quantitative estimate of drug-likeness (QED) is 0.556. The number of hydrogen-bond donors (Lipinski definition) is 3. The Labute approximate surface area is 187 Å². The van der Waals surface area contributed by atoms with Crippen LogP contribution in [0.1, 0.15) is 32.3 Å². The molecule has 10 heteroatoms. The average molecular weight is 459 g/mol. The maximum Gasteiger partial charge on any atom is 0.241 e. The smallest absolute Gasteiger partial charge is 0.241 e. The molecule has 1 fully saturated rings. The number of carbonyl (C=O) groups is 3. The van der Waals surface area contributed by atoms with Gasteiger partial charge in [0.15, 0.2) is 0 Å². The van der Waals surface area contributed by atoms with Crippen LogP contribution in [-0.2, 0) is 31.0 Å². The van der Waals surface area contributed by atoms with E-state index in [1.807, 2.05) is 24.3 Å². The Morgan fingerprint density at radius 1 is 1.06 bits per heavy atom. The summed E-state index contributed by atoms with van der Waals surface area (Å²) >= 11 is 0.